The van der Waals surface area contributed by atoms with Crippen LogP contribution in [0.1, 0.15) is 28.0 Å². The summed E-state index contributed by atoms with van der Waals surface area (Å²) in [4.78, 5) is 10.4. The number of hydrogen-bond acceptors (Lipinski definition) is 3. The first-order valence-electron chi connectivity index (χ1n) is 5.06. The molecule has 16 heavy (non-hydrogen) atoms. The quantitative estimate of drug-likeness (QED) is 0.798. The van der Waals surface area contributed by atoms with Gasteiger partial charge in [-0.15, -0.1) is 0 Å². The first-order chi connectivity index (χ1) is 7.79. The van der Waals surface area contributed by atoms with Gasteiger partial charge >= 0.3 is 0 Å². The van der Waals surface area contributed by atoms with Crippen molar-refractivity contribution in [3.63, 3.8) is 0 Å². The molecule has 2 aromatic rings. The van der Waals surface area contributed by atoms with E-state index in [1.807, 2.05) is 30.3 Å². The minimum atomic E-state index is -0.605. The van der Waals surface area contributed by atoms with Crippen LogP contribution < -0.4 is 0 Å². The fraction of sp³-hybridized carbons (Fsp3) is 0.154. The van der Waals surface area contributed by atoms with Gasteiger partial charge < -0.3 is 9.52 Å². The lowest BCUT2D eigenvalue weighted by atomic mass is 10.1. The Morgan fingerprint density at radius 2 is 1.94 bits per heavy atom. The summed E-state index contributed by atoms with van der Waals surface area (Å²) in [5.41, 5.74) is 0.839. The van der Waals surface area contributed by atoms with Crippen molar-refractivity contribution < 1.29 is 14.3 Å². The van der Waals surface area contributed by atoms with E-state index in [0.717, 1.165) is 5.56 Å². The van der Waals surface area contributed by atoms with Crippen LogP contribution >= 0.6 is 0 Å². The van der Waals surface area contributed by atoms with Gasteiger partial charge in [0.15, 0.2) is 12.0 Å². The Bertz CT molecular complexity index is 459. The molecule has 1 N–H and O–H groups in total. The minimum absolute atomic E-state index is 0.287. The Morgan fingerprint density at radius 1 is 1.19 bits per heavy atom. The van der Waals surface area contributed by atoms with Crippen LogP contribution in [-0.2, 0) is 6.42 Å². The lowest BCUT2D eigenvalue weighted by Crippen LogP contribution is -2.00. The van der Waals surface area contributed by atoms with Crippen LogP contribution in [-0.4, -0.2) is 11.4 Å². The van der Waals surface area contributed by atoms with Gasteiger partial charge in [0, 0.05) is 6.42 Å². The van der Waals surface area contributed by atoms with Gasteiger partial charge in [-0.3, -0.25) is 4.79 Å². The molecule has 0 aliphatic carbocycles. The van der Waals surface area contributed by atoms with Crippen molar-refractivity contribution in [1.82, 2.24) is 0 Å². The van der Waals surface area contributed by atoms with E-state index in [1.165, 1.54) is 0 Å². The van der Waals surface area contributed by atoms with Gasteiger partial charge in [-0.05, 0) is 17.7 Å². The van der Waals surface area contributed by atoms with E-state index in [0.29, 0.717) is 18.5 Å². The molecule has 0 fully saturated rings. The van der Waals surface area contributed by atoms with E-state index < -0.39 is 6.10 Å². The molecule has 0 aliphatic heterocycles. The van der Waals surface area contributed by atoms with Crippen LogP contribution in [0.2, 0.25) is 0 Å². The van der Waals surface area contributed by atoms with Crippen LogP contribution in [0.5, 0.6) is 0 Å². The number of benzene rings is 1. The highest BCUT2D eigenvalue weighted by Crippen LogP contribution is 2.18. The van der Waals surface area contributed by atoms with Gasteiger partial charge in [-0.25, -0.2) is 0 Å². The van der Waals surface area contributed by atoms with Crippen LogP contribution in [0.4, 0.5) is 0 Å². The third-order valence-corrected chi connectivity index (χ3v) is 2.38. The van der Waals surface area contributed by atoms with E-state index in [4.69, 9.17) is 4.42 Å². The molecule has 0 radical (unpaired) electrons. The molecule has 0 amide bonds. The maximum atomic E-state index is 10.4. The van der Waals surface area contributed by atoms with Crippen molar-refractivity contribution in [1.29, 1.82) is 0 Å². The first kappa shape index (κ1) is 10.6. The molecule has 1 heterocycles. The average Bonchev–Trinajstić information content (AvgIpc) is 2.78. The molecule has 2 rings (SSSR count). The van der Waals surface area contributed by atoms with Crippen molar-refractivity contribution >= 4 is 6.29 Å². The topological polar surface area (TPSA) is 50.4 Å². The van der Waals surface area contributed by atoms with Gasteiger partial charge in [0.1, 0.15) is 5.76 Å². The van der Waals surface area contributed by atoms with E-state index in [2.05, 4.69) is 0 Å². The van der Waals surface area contributed by atoms with Crippen LogP contribution in [0.15, 0.2) is 46.9 Å². The third-order valence-electron chi connectivity index (χ3n) is 2.38. The molecule has 3 nitrogen and oxygen atoms in total. The van der Waals surface area contributed by atoms with Gasteiger partial charge in [-0.2, -0.15) is 0 Å². The molecule has 0 saturated carbocycles. The smallest absolute Gasteiger partial charge is 0.185 e. The van der Waals surface area contributed by atoms with Crippen molar-refractivity contribution in [3.8, 4) is 0 Å². The van der Waals surface area contributed by atoms with E-state index >= 15 is 0 Å². The Balaban J connectivity index is 2.07. The molecule has 0 aliphatic rings. The molecule has 1 atom stereocenters. The summed E-state index contributed by atoms with van der Waals surface area (Å²) in [6.07, 6.45) is 0.419. The zero-order valence-corrected chi connectivity index (χ0v) is 8.67. The zero-order chi connectivity index (χ0) is 11.4. The van der Waals surface area contributed by atoms with Crippen LogP contribution in [0.25, 0.3) is 0 Å². The minimum Gasteiger partial charge on any atom is -0.458 e. The second-order valence-electron chi connectivity index (χ2n) is 3.55. The van der Waals surface area contributed by atoms with Gasteiger partial charge in [0.2, 0.25) is 0 Å². The highest BCUT2D eigenvalue weighted by molar-refractivity contribution is 5.70. The maximum Gasteiger partial charge on any atom is 0.185 e. The Morgan fingerprint density at radius 3 is 2.56 bits per heavy atom. The van der Waals surface area contributed by atoms with Crippen LogP contribution in [0, 0.1) is 0 Å². The molecule has 1 aromatic carbocycles. The summed E-state index contributed by atoms with van der Waals surface area (Å²) in [6, 6.07) is 12.7. The molecule has 3 heteroatoms. The summed E-state index contributed by atoms with van der Waals surface area (Å²) in [5.74, 6) is 0.897. The standard InChI is InChI=1S/C13H12O3/c14-9-12-7-6-11(16-12)8-13(15)10-4-2-1-3-5-10/h1-7,9,13,15H,8H2. The molecular formula is C13H12O3. The monoisotopic (exact) mass is 216 g/mol. The average molecular weight is 216 g/mol. The van der Waals surface area contributed by atoms with E-state index in [-0.39, 0.29) is 5.76 Å². The number of aldehydes is 1. The lowest BCUT2D eigenvalue weighted by Gasteiger charge is -2.08. The van der Waals surface area contributed by atoms with Crippen molar-refractivity contribution in [3.05, 3.63) is 59.5 Å². The SMILES string of the molecule is O=Cc1ccc(CC(O)c2ccccc2)o1. The predicted molar refractivity (Wildman–Crippen MR) is 59.2 cm³/mol. The lowest BCUT2D eigenvalue weighted by molar-refractivity contribution is 0.109. The summed E-state index contributed by atoms with van der Waals surface area (Å²) in [6.45, 7) is 0. The normalized spacial score (nSPS) is 12.3. The number of aliphatic hydroxyl groups excluding tert-OH is 1. The Hall–Kier alpha value is -1.87. The molecular weight excluding hydrogens is 204 g/mol. The van der Waals surface area contributed by atoms with Crippen LogP contribution in [0.3, 0.4) is 0 Å². The fourth-order valence-electron chi connectivity index (χ4n) is 1.55. The molecule has 0 saturated heterocycles. The van der Waals surface area contributed by atoms with Crippen molar-refractivity contribution in [2.45, 2.75) is 12.5 Å². The predicted octanol–water partition coefficient (Wildman–Crippen LogP) is 2.37. The summed E-state index contributed by atoms with van der Waals surface area (Å²) in [5, 5.41) is 9.91. The van der Waals surface area contributed by atoms with Crippen molar-refractivity contribution in [2.24, 2.45) is 0 Å². The number of furan rings is 1. The molecule has 0 bridgehead atoms. The summed E-state index contributed by atoms with van der Waals surface area (Å²) in [7, 11) is 0. The highest BCUT2D eigenvalue weighted by Gasteiger charge is 2.10. The molecule has 0 spiro atoms. The number of aliphatic hydroxyl groups is 1. The third kappa shape index (κ3) is 2.38. The van der Waals surface area contributed by atoms with Crippen molar-refractivity contribution in [2.75, 3.05) is 0 Å². The summed E-state index contributed by atoms with van der Waals surface area (Å²) < 4.78 is 5.20. The molecule has 1 unspecified atom stereocenters. The second-order valence-corrected chi connectivity index (χ2v) is 3.55. The molecule has 82 valence electrons. The van der Waals surface area contributed by atoms with E-state index in [1.54, 1.807) is 12.1 Å². The maximum absolute atomic E-state index is 10.4. The number of hydrogen-bond donors (Lipinski definition) is 1. The summed E-state index contributed by atoms with van der Waals surface area (Å²) >= 11 is 0. The largest absolute Gasteiger partial charge is 0.458 e. The van der Waals surface area contributed by atoms with Gasteiger partial charge in [0.25, 0.3) is 0 Å². The second kappa shape index (κ2) is 4.77. The number of carbonyl (C=O) groups excluding carboxylic acids is 1. The molecule has 1 aromatic heterocycles. The Labute approximate surface area is 93.3 Å². The number of carbonyl (C=O) groups is 1. The highest BCUT2D eigenvalue weighted by atomic mass is 16.3. The van der Waals surface area contributed by atoms with Gasteiger partial charge in [0.05, 0.1) is 6.10 Å². The van der Waals surface area contributed by atoms with E-state index in [9.17, 15) is 9.90 Å². The fourth-order valence-corrected chi connectivity index (χ4v) is 1.55. The first-order valence-corrected chi connectivity index (χ1v) is 5.06. The number of rotatable bonds is 4. The van der Waals surface area contributed by atoms with Gasteiger partial charge in [-0.1, -0.05) is 30.3 Å². The zero-order valence-electron chi connectivity index (χ0n) is 8.67. The Kier molecular flexibility index (Phi) is 3.17.